The Bertz CT molecular complexity index is 974. The molecule has 1 amide bonds. The predicted octanol–water partition coefficient (Wildman–Crippen LogP) is 2.57. The summed E-state index contributed by atoms with van der Waals surface area (Å²) in [5.74, 6) is -1.26. The Morgan fingerprint density at radius 1 is 1.10 bits per heavy atom. The highest BCUT2D eigenvalue weighted by molar-refractivity contribution is 7.89. The summed E-state index contributed by atoms with van der Waals surface area (Å²) in [7, 11) is -3.87. The minimum atomic E-state index is -3.87. The Balaban J connectivity index is 2.12. The van der Waals surface area contributed by atoms with E-state index in [1.54, 1.807) is 6.92 Å². The molecule has 2 aromatic carbocycles. The number of rotatable bonds is 9. The molecule has 0 aliphatic rings. The SMILES string of the molecule is C=CCNC(=O)[C@H](C)OC(=O)c1cccc(S(=O)(=O)N[C@H](C)c2ccccc2)c1. The number of hydrogen-bond donors (Lipinski definition) is 2. The van der Waals surface area contributed by atoms with E-state index in [1.165, 1.54) is 37.3 Å². The Labute approximate surface area is 170 Å². The lowest BCUT2D eigenvalue weighted by atomic mass is 10.1. The molecule has 0 bridgehead atoms. The van der Waals surface area contributed by atoms with Gasteiger partial charge in [-0.3, -0.25) is 4.79 Å². The number of ether oxygens (including phenoxy) is 1. The van der Waals surface area contributed by atoms with Gasteiger partial charge in [0.1, 0.15) is 0 Å². The van der Waals surface area contributed by atoms with E-state index in [-0.39, 0.29) is 17.0 Å². The third kappa shape index (κ3) is 6.27. The minimum absolute atomic E-state index is 0.0311. The zero-order valence-electron chi connectivity index (χ0n) is 16.3. The van der Waals surface area contributed by atoms with Crippen LogP contribution >= 0.6 is 0 Å². The van der Waals surface area contributed by atoms with Gasteiger partial charge in [0.2, 0.25) is 10.0 Å². The molecule has 0 fully saturated rings. The highest BCUT2D eigenvalue weighted by Gasteiger charge is 2.22. The molecule has 0 unspecified atom stereocenters. The summed E-state index contributed by atoms with van der Waals surface area (Å²) >= 11 is 0. The molecular formula is C21H24N2O5S. The Morgan fingerprint density at radius 2 is 1.79 bits per heavy atom. The summed E-state index contributed by atoms with van der Waals surface area (Å²) < 4.78 is 33.1. The van der Waals surface area contributed by atoms with Gasteiger partial charge in [-0.2, -0.15) is 0 Å². The van der Waals surface area contributed by atoms with Gasteiger partial charge >= 0.3 is 5.97 Å². The van der Waals surface area contributed by atoms with Crippen LogP contribution in [0.2, 0.25) is 0 Å². The molecule has 0 saturated carbocycles. The molecule has 0 aromatic heterocycles. The lowest BCUT2D eigenvalue weighted by molar-refractivity contribution is -0.128. The molecular weight excluding hydrogens is 392 g/mol. The monoisotopic (exact) mass is 416 g/mol. The van der Waals surface area contributed by atoms with Gasteiger partial charge in [0.15, 0.2) is 6.10 Å². The second-order valence-corrected chi connectivity index (χ2v) is 8.08. The second-order valence-electron chi connectivity index (χ2n) is 6.36. The molecule has 0 aliphatic carbocycles. The average molecular weight is 416 g/mol. The van der Waals surface area contributed by atoms with Crippen LogP contribution in [0, 0.1) is 0 Å². The molecule has 2 N–H and O–H groups in total. The summed E-state index contributed by atoms with van der Waals surface area (Å²) in [5, 5.41) is 2.52. The lowest BCUT2D eigenvalue weighted by Gasteiger charge is -2.16. The molecule has 2 atom stereocenters. The van der Waals surface area contributed by atoms with Crippen LogP contribution in [0.4, 0.5) is 0 Å². The normalized spacial score (nSPS) is 13.2. The van der Waals surface area contributed by atoms with Gasteiger partial charge in [-0.05, 0) is 37.6 Å². The molecule has 7 nitrogen and oxygen atoms in total. The van der Waals surface area contributed by atoms with Crippen molar-refractivity contribution >= 4 is 21.9 Å². The topological polar surface area (TPSA) is 102 Å². The maximum atomic E-state index is 12.7. The van der Waals surface area contributed by atoms with Crippen molar-refractivity contribution in [3.05, 3.63) is 78.4 Å². The third-order valence-corrected chi connectivity index (χ3v) is 5.62. The minimum Gasteiger partial charge on any atom is -0.449 e. The van der Waals surface area contributed by atoms with Crippen LogP contribution in [0.1, 0.15) is 35.8 Å². The van der Waals surface area contributed by atoms with Crippen molar-refractivity contribution in [3.8, 4) is 0 Å². The maximum absolute atomic E-state index is 12.7. The summed E-state index contributed by atoms with van der Waals surface area (Å²) in [6, 6.07) is 14.2. The Hall–Kier alpha value is -2.97. The zero-order chi connectivity index (χ0) is 21.4. The third-order valence-electron chi connectivity index (χ3n) is 4.09. The quantitative estimate of drug-likeness (QED) is 0.483. The number of nitrogens with one attached hydrogen (secondary N) is 2. The van der Waals surface area contributed by atoms with E-state index < -0.39 is 34.0 Å². The molecule has 154 valence electrons. The molecule has 0 saturated heterocycles. The van der Waals surface area contributed by atoms with Crippen molar-refractivity contribution in [1.82, 2.24) is 10.0 Å². The van der Waals surface area contributed by atoms with Gasteiger partial charge in [-0.1, -0.05) is 42.5 Å². The first-order chi connectivity index (χ1) is 13.7. The van der Waals surface area contributed by atoms with Gasteiger partial charge in [0, 0.05) is 12.6 Å². The van der Waals surface area contributed by atoms with Crippen LogP contribution in [0.3, 0.4) is 0 Å². The largest absolute Gasteiger partial charge is 0.449 e. The van der Waals surface area contributed by atoms with Crippen LogP contribution in [0.15, 0.2) is 72.1 Å². The first-order valence-electron chi connectivity index (χ1n) is 9.01. The number of amides is 1. The molecule has 29 heavy (non-hydrogen) atoms. The van der Waals surface area contributed by atoms with Crippen molar-refractivity contribution in [1.29, 1.82) is 0 Å². The van der Waals surface area contributed by atoms with Crippen molar-refractivity contribution in [2.24, 2.45) is 0 Å². The molecule has 0 spiro atoms. The van der Waals surface area contributed by atoms with Crippen LogP contribution in [0.5, 0.6) is 0 Å². The smallest absolute Gasteiger partial charge is 0.338 e. The zero-order valence-corrected chi connectivity index (χ0v) is 17.1. The van der Waals surface area contributed by atoms with Crippen LogP contribution in [-0.4, -0.2) is 32.9 Å². The summed E-state index contributed by atoms with van der Waals surface area (Å²) in [6.45, 7) is 6.90. The fourth-order valence-electron chi connectivity index (χ4n) is 2.50. The van der Waals surface area contributed by atoms with Crippen LogP contribution < -0.4 is 10.0 Å². The fraction of sp³-hybridized carbons (Fsp3) is 0.238. The number of esters is 1. The average Bonchev–Trinajstić information content (AvgIpc) is 2.72. The predicted molar refractivity (Wildman–Crippen MR) is 110 cm³/mol. The maximum Gasteiger partial charge on any atom is 0.338 e. The molecule has 0 heterocycles. The number of benzene rings is 2. The van der Waals surface area contributed by atoms with E-state index in [0.29, 0.717) is 0 Å². The van der Waals surface area contributed by atoms with E-state index in [4.69, 9.17) is 4.74 Å². The number of carbonyl (C=O) groups is 2. The molecule has 8 heteroatoms. The summed E-state index contributed by atoms with van der Waals surface area (Å²) in [6.07, 6.45) is 0.475. The fourth-order valence-corrected chi connectivity index (χ4v) is 3.78. The van der Waals surface area contributed by atoms with Crippen LogP contribution in [0.25, 0.3) is 0 Å². The first-order valence-corrected chi connectivity index (χ1v) is 10.5. The van der Waals surface area contributed by atoms with E-state index in [2.05, 4.69) is 16.6 Å². The summed E-state index contributed by atoms with van der Waals surface area (Å²) in [5.41, 5.74) is 0.842. The number of sulfonamides is 1. The van der Waals surface area contributed by atoms with E-state index in [0.717, 1.165) is 5.56 Å². The Morgan fingerprint density at radius 3 is 2.45 bits per heavy atom. The molecule has 2 aromatic rings. The number of hydrogen-bond acceptors (Lipinski definition) is 5. The Kier molecular flexibility index (Phi) is 7.69. The molecule has 0 aliphatic heterocycles. The van der Waals surface area contributed by atoms with Gasteiger partial charge in [-0.25, -0.2) is 17.9 Å². The number of carbonyl (C=O) groups excluding carboxylic acids is 2. The van der Waals surface area contributed by atoms with Crippen molar-refractivity contribution in [2.45, 2.75) is 30.9 Å². The van der Waals surface area contributed by atoms with Crippen molar-refractivity contribution in [2.75, 3.05) is 6.54 Å². The van der Waals surface area contributed by atoms with Crippen LogP contribution in [-0.2, 0) is 19.6 Å². The molecule has 0 radical (unpaired) electrons. The van der Waals surface area contributed by atoms with E-state index in [1.807, 2.05) is 30.3 Å². The van der Waals surface area contributed by atoms with Crippen molar-refractivity contribution in [3.63, 3.8) is 0 Å². The van der Waals surface area contributed by atoms with Crippen molar-refractivity contribution < 1.29 is 22.7 Å². The summed E-state index contributed by atoms with van der Waals surface area (Å²) in [4.78, 5) is 24.1. The molecule has 2 rings (SSSR count). The second kappa shape index (κ2) is 9.99. The standard InChI is InChI=1S/C21H24N2O5S/c1-4-13-22-20(24)16(3)28-21(25)18-11-8-12-19(14-18)29(26,27)23-15(2)17-9-6-5-7-10-17/h4-12,14-16,23H,1,13H2,2-3H3,(H,22,24)/t15-,16+/m1/s1. The lowest BCUT2D eigenvalue weighted by Crippen LogP contribution is -2.35. The van der Waals surface area contributed by atoms with Gasteiger partial charge in [0.25, 0.3) is 5.91 Å². The highest BCUT2D eigenvalue weighted by atomic mass is 32.2. The van der Waals surface area contributed by atoms with Gasteiger partial charge in [-0.15, -0.1) is 6.58 Å². The van der Waals surface area contributed by atoms with E-state index >= 15 is 0 Å². The first kappa shape index (κ1) is 22.3. The highest BCUT2D eigenvalue weighted by Crippen LogP contribution is 2.18. The van der Waals surface area contributed by atoms with Gasteiger partial charge in [0.05, 0.1) is 10.5 Å². The van der Waals surface area contributed by atoms with Gasteiger partial charge < -0.3 is 10.1 Å². The van der Waals surface area contributed by atoms with E-state index in [9.17, 15) is 18.0 Å².